The van der Waals surface area contributed by atoms with E-state index in [-0.39, 0.29) is 23.7 Å². The van der Waals surface area contributed by atoms with E-state index in [1.54, 1.807) is 0 Å². The van der Waals surface area contributed by atoms with E-state index in [0.29, 0.717) is 5.75 Å². The second kappa shape index (κ2) is 7.34. The summed E-state index contributed by atoms with van der Waals surface area (Å²) in [5.41, 5.74) is 1.18. The molecule has 0 saturated heterocycles. The number of amides is 1. The van der Waals surface area contributed by atoms with E-state index in [1.165, 1.54) is 24.2 Å². The second-order valence-electron chi connectivity index (χ2n) is 5.01. The first-order valence-electron chi connectivity index (χ1n) is 6.39. The summed E-state index contributed by atoms with van der Waals surface area (Å²) in [5.74, 6) is 0.356. The van der Waals surface area contributed by atoms with Crippen molar-refractivity contribution in [3.05, 3.63) is 29.8 Å². The van der Waals surface area contributed by atoms with Crippen LogP contribution in [-0.2, 0) is 9.59 Å². The molecule has 0 saturated carbocycles. The molecule has 1 rings (SSSR count). The first-order chi connectivity index (χ1) is 8.90. The zero-order chi connectivity index (χ0) is 14.4. The van der Waals surface area contributed by atoms with Crippen LogP contribution in [-0.4, -0.2) is 23.5 Å². The van der Waals surface area contributed by atoms with Crippen molar-refractivity contribution in [3.63, 3.8) is 0 Å². The van der Waals surface area contributed by atoms with Crippen molar-refractivity contribution in [3.8, 4) is 0 Å². The van der Waals surface area contributed by atoms with E-state index in [4.69, 9.17) is 0 Å². The number of hydrogen-bond acceptors (Lipinski definition) is 3. The zero-order valence-corrected chi connectivity index (χ0v) is 12.7. The maximum absolute atomic E-state index is 11.8. The van der Waals surface area contributed by atoms with Gasteiger partial charge in [0.25, 0.3) is 0 Å². The summed E-state index contributed by atoms with van der Waals surface area (Å²) >= 11 is 1.48. The Kier molecular flexibility index (Phi) is 6.09. The highest BCUT2D eigenvalue weighted by Crippen LogP contribution is 2.18. The first-order valence-corrected chi connectivity index (χ1v) is 7.38. The van der Waals surface area contributed by atoms with E-state index in [1.807, 2.05) is 45.0 Å². The topological polar surface area (TPSA) is 46.2 Å². The number of rotatable bonds is 6. The number of aryl methyl sites for hydroxylation is 1. The Morgan fingerprint density at radius 3 is 2.53 bits per heavy atom. The predicted octanol–water partition coefficient (Wildman–Crippen LogP) is 2.82. The van der Waals surface area contributed by atoms with Crippen molar-refractivity contribution in [2.45, 2.75) is 38.6 Å². The molecule has 1 N–H and O–H groups in total. The van der Waals surface area contributed by atoms with Crippen LogP contribution in [0.5, 0.6) is 0 Å². The fraction of sp³-hybridized carbons (Fsp3) is 0.467. The summed E-state index contributed by atoms with van der Waals surface area (Å²) in [6.07, 6.45) is 0. The molecule has 0 fully saturated rings. The number of thioether (sulfide) groups is 1. The third kappa shape index (κ3) is 5.47. The van der Waals surface area contributed by atoms with Gasteiger partial charge in [-0.25, -0.2) is 0 Å². The molecular weight excluding hydrogens is 258 g/mol. The van der Waals surface area contributed by atoms with Gasteiger partial charge in [-0.15, -0.1) is 11.8 Å². The Labute approximate surface area is 119 Å². The van der Waals surface area contributed by atoms with Gasteiger partial charge >= 0.3 is 0 Å². The monoisotopic (exact) mass is 279 g/mol. The standard InChI is InChI=1S/C15H21NO2S/c1-10(2)15(12(4)17)16-14(18)9-19-13-7-5-6-11(3)8-13/h5-8,10,15H,9H2,1-4H3,(H,16,18). The normalized spacial score (nSPS) is 12.3. The van der Waals surface area contributed by atoms with Crippen LogP contribution in [0.4, 0.5) is 0 Å². The van der Waals surface area contributed by atoms with E-state index in [2.05, 4.69) is 5.32 Å². The van der Waals surface area contributed by atoms with Crippen LogP contribution in [0.1, 0.15) is 26.3 Å². The predicted molar refractivity (Wildman–Crippen MR) is 79.4 cm³/mol. The van der Waals surface area contributed by atoms with Crippen molar-refractivity contribution < 1.29 is 9.59 Å². The Balaban J connectivity index is 2.49. The van der Waals surface area contributed by atoms with Crippen molar-refractivity contribution in [2.75, 3.05) is 5.75 Å². The lowest BCUT2D eigenvalue weighted by Gasteiger charge is -2.19. The molecule has 0 aliphatic rings. The lowest BCUT2D eigenvalue weighted by Crippen LogP contribution is -2.44. The third-order valence-electron chi connectivity index (χ3n) is 2.78. The second-order valence-corrected chi connectivity index (χ2v) is 6.05. The van der Waals surface area contributed by atoms with Crippen LogP contribution in [0.25, 0.3) is 0 Å². The van der Waals surface area contributed by atoms with Crippen LogP contribution >= 0.6 is 11.8 Å². The largest absolute Gasteiger partial charge is 0.345 e. The molecule has 0 bridgehead atoms. The van der Waals surface area contributed by atoms with Gasteiger partial charge in [-0.1, -0.05) is 31.5 Å². The summed E-state index contributed by atoms with van der Waals surface area (Å²) in [5, 5.41) is 2.79. The van der Waals surface area contributed by atoms with E-state index in [9.17, 15) is 9.59 Å². The van der Waals surface area contributed by atoms with Gasteiger partial charge in [0.15, 0.2) is 5.78 Å². The first kappa shape index (κ1) is 15.8. The molecule has 1 aromatic rings. The number of ketones is 1. The molecule has 104 valence electrons. The van der Waals surface area contributed by atoms with Gasteiger partial charge in [0.1, 0.15) is 0 Å². The van der Waals surface area contributed by atoms with Gasteiger partial charge in [-0.05, 0) is 31.9 Å². The highest BCUT2D eigenvalue weighted by molar-refractivity contribution is 8.00. The minimum atomic E-state index is -0.384. The van der Waals surface area contributed by atoms with Crippen LogP contribution in [0.2, 0.25) is 0 Å². The molecule has 1 aromatic carbocycles. The van der Waals surface area contributed by atoms with Crippen molar-refractivity contribution >= 4 is 23.5 Å². The summed E-state index contributed by atoms with van der Waals surface area (Å²) in [6.45, 7) is 7.40. The molecule has 19 heavy (non-hydrogen) atoms. The van der Waals surface area contributed by atoms with Crippen molar-refractivity contribution in [1.29, 1.82) is 0 Å². The van der Waals surface area contributed by atoms with Gasteiger partial charge in [0, 0.05) is 4.90 Å². The van der Waals surface area contributed by atoms with Gasteiger partial charge in [-0.2, -0.15) is 0 Å². The number of carbonyl (C=O) groups excluding carboxylic acids is 2. The number of Topliss-reactive ketones (excluding diaryl/α,β-unsaturated/α-hetero) is 1. The Morgan fingerprint density at radius 2 is 2.00 bits per heavy atom. The third-order valence-corrected chi connectivity index (χ3v) is 3.77. The molecule has 0 aliphatic heterocycles. The molecular formula is C15H21NO2S. The van der Waals surface area contributed by atoms with Gasteiger partial charge < -0.3 is 5.32 Å². The van der Waals surface area contributed by atoms with E-state index >= 15 is 0 Å². The maximum atomic E-state index is 11.8. The molecule has 0 aromatic heterocycles. The van der Waals surface area contributed by atoms with Crippen LogP contribution in [0, 0.1) is 12.8 Å². The lowest BCUT2D eigenvalue weighted by atomic mass is 10.0. The molecule has 1 amide bonds. The molecule has 3 nitrogen and oxygen atoms in total. The quantitative estimate of drug-likeness (QED) is 0.815. The highest BCUT2D eigenvalue weighted by Gasteiger charge is 2.20. The fourth-order valence-corrected chi connectivity index (χ4v) is 2.63. The molecule has 1 atom stereocenters. The summed E-state index contributed by atoms with van der Waals surface area (Å²) < 4.78 is 0. The molecule has 0 heterocycles. The van der Waals surface area contributed by atoms with Crippen molar-refractivity contribution in [2.24, 2.45) is 5.92 Å². The van der Waals surface area contributed by atoms with Crippen LogP contribution < -0.4 is 5.32 Å². The fourth-order valence-electron chi connectivity index (χ4n) is 1.81. The number of hydrogen-bond donors (Lipinski definition) is 1. The molecule has 1 unspecified atom stereocenters. The Hall–Kier alpha value is -1.29. The summed E-state index contributed by atoms with van der Waals surface area (Å²) in [6, 6.07) is 7.64. The number of carbonyl (C=O) groups is 2. The molecule has 0 aliphatic carbocycles. The number of nitrogens with one attached hydrogen (secondary N) is 1. The minimum Gasteiger partial charge on any atom is -0.345 e. The van der Waals surface area contributed by atoms with Gasteiger partial charge in [0.05, 0.1) is 11.8 Å². The highest BCUT2D eigenvalue weighted by atomic mass is 32.2. The van der Waals surface area contributed by atoms with Crippen molar-refractivity contribution in [1.82, 2.24) is 5.32 Å². The van der Waals surface area contributed by atoms with E-state index in [0.717, 1.165) is 4.90 Å². The van der Waals surface area contributed by atoms with Gasteiger partial charge in [0.2, 0.25) is 5.91 Å². The van der Waals surface area contributed by atoms with E-state index < -0.39 is 0 Å². The SMILES string of the molecule is CC(=O)C(NC(=O)CSc1cccc(C)c1)C(C)C. The van der Waals surface area contributed by atoms with Gasteiger partial charge in [-0.3, -0.25) is 9.59 Å². The molecule has 4 heteroatoms. The molecule has 0 radical (unpaired) electrons. The summed E-state index contributed by atoms with van der Waals surface area (Å²) in [7, 11) is 0. The van der Waals surface area contributed by atoms with Crippen LogP contribution in [0.15, 0.2) is 29.2 Å². The lowest BCUT2D eigenvalue weighted by molar-refractivity contribution is -0.126. The summed E-state index contributed by atoms with van der Waals surface area (Å²) in [4.78, 5) is 24.3. The Morgan fingerprint density at radius 1 is 1.32 bits per heavy atom. The smallest absolute Gasteiger partial charge is 0.230 e. The average Bonchev–Trinajstić information content (AvgIpc) is 2.32. The Bertz CT molecular complexity index is 457. The molecule has 0 spiro atoms. The maximum Gasteiger partial charge on any atom is 0.230 e. The minimum absolute atomic E-state index is 0.00362. The zero-order valence-electron chi connectivity index (χ0n) is 11.9. The number of benzene rings is 1. The van der Waals surface area contributed by atoms with Crippen LogP contribution in [0.3, 0.4) is 0 Å². The average molecular weight is 279 g/mol.